The number of hydrogen-bond acceptors (Lipinski definition) is 1. The Balaban J connectivity index is 2.09. The van der Waals surface area contributed by atoms with Gasteiger partial charge in [-0.1, -0.05) is 47.5 Å². The molecule has 0 aliphatic carbocycles. The van der Waals surface area contributed by atoms with Gasteiger partial charge in [-0.2, -0.15) is 0 Å². The Morgan fingerprint density at radius 3 is 2.35 bits per heavy atom. The first-order chi connectivity index (χ1) is 11.0. The molecule has 3 rings (SSSR count). The summed E-state index contributed by atoms with van der Waals surface area (Å²) in [6.07, 6.45) is 0.827. The maximum Gasteiger partial charge on any atom is 0.0482 e. The number of aryl methyl sites for hydroxylation is 1. The van der Waals surface area contributed by atoms with E-state index in [1.165, 1.54) is 22.2 Å². The van der Waals surface area contributed by atoms with E-state index in [0.29, 0.717) is 16.6 Å². The molecule has 23 heavy (non-hydrogen) atoms. The molecule has 0 aliphatic rings. The largest absolute Gasteiger partial charge is 0.348 e. The Morgan fingerprint density at radius 1 is 1.04 bits per heavy atom. The van der Waals surface area contributed by atoms with E-state index in [0.717, 1.165) is 12.0 Å². The second kappa shape index (κ2) is 6.56. The van der Waals surface area contributed by atoms with Gasteiger partial charge in [0.2, 0.25) is 0 Å². The molecule has 0 fully saturated rings. The van der Waals surface area contributed by atoms with Gasteiger partial charge in [-0.15, -0.1) is 0 Å². The predicted molar refractivity (Wildman–Crippen MR) is 99.6 cm³/mol. The normalized spacial score (nSPS) is 12.7. The Labute approximate surface area is 146 Å². The fourth-order valence-electron chi connectivity index (χ4n) is 3.31. The third kappa shape index (κ3) is 2.87. The Bertz CT molecular complexity index is 832. The zero-order valence-corrected chi connectivity index (χ0v) is 14.8. The molecule has 0 radical (unpaired) electrons. The molecule has 2 aromatic carbocycles. The quantitative estimate of drug-likeness (QED) is 0.701. The minimum atomic E-state index is 0.0979. The van der Waals surface area contributed by atoms with Crippen LogP contribution in [0.4, 0.5) is 0 Å². The van der Waals surface area contributed by atoms with Crippen molar-refractivity contribution in [1.29, 1.82) is 0 Å². The van der Waals surface area contributed by atoms with E-state index in [2.05, 4.69) is 42.8 Å². The second-order valence-electron chi connectivity index (χ2n) is 5.91. The van der Waals surface area contributed by atoms with Crippen molar-refractivity contribution in [3.8, 4) is 0 Å². The van der Waals surface area contributed by atoms with Crippen LogP contribution in [0.1, 0.15) is 22.7 Å². The Hall–Kier alpha value is -1.48. The Morgan fingerprint density at radius 2 is 1.70 bits per heavy atom. The molecule has 1 atom stereocenters. The van der Waals surface area contributed by atoms with Gasteiger partial charge in [-0.25, -0.2) is 0 Å². The smallest absolute Gasteiger partial charge is 0.0482 e. The van der Waals surface area contributed by atoms with Crippen molar-refractivity contribution in [2.45, 2.75) is 19.3 Å². The predicted octanol–water partition coefficient (Wildman–Crippen LogP) is 5.08. The average molecular weight is 347 g/mol. The van der Waals surface area contributed by atoms with Gasteiger partial charge in [0.1, 0.15) is 0 Å². The highest BCUT2D eigenvalue weighted by Crippen LogP contribution is 2.35. The fourth-order valence-corrected chi connectivity index (χ4v) is 4.01. The summed E-state index contributed by atoms with van der Waals surface area (Å²) in [4.78, 5) is 0. The fraction of sp³-hybridized carbons (Fsp3) is 0.263. The van der Waals surface area contributed by atoms with Crippen molar-refractivity contribution >= 4 is 34.1 Å². The summed E-state index contributed by atoms with van der Waals surface area (Å²) in [6, 6.07) is 14.1. The first kappa shape index (κ1) is 16.4. The van der Waals surface area contributed by atoms with Crippen LogP contribution in [0.5, 0.6) is 0 Å². The first-order valence-corrected chi connectivity index (χ1v) is 8.47. The monoisotopic (exact) mass is 346 g/mol. The molecule has 0 spiro atoms. The molecule has 2 nitrogen and oxygen atoms in total. The van der Waals surface area contributed by atoms with Gasteiger partial charge in [-0.3, -0.25) is 0 Å². The number of nitrogens with two attached hydrogens (primary N) is 1. The topological polar surface area (TPSA) is 30.9 Å². The van der Waals surface area contributed by atoms with Crippen LogP contribution in [-0.2, 0) is 13.5 Å². The summed E-state index contributed by atoms with van der Waals surface area (Å²) < 4.78 is 2.23. The summed E-state index contributed by atoms with van der Waals surface area (Å²) in [5.41, 5.74) is 10.8. The third-order valence-electron chi connectivity index (χ3n) is 4.67. The summed E-state index contributed by atoms with van der Waals surface area (Å²) in [5.74, 6) is 0.0979. The van der Waals surface area contributed by atoms with Crippen LogP contribution in [0.3, 0.4) is 0 Å². The standard InChI is InChI=1S/C19H20Cl2N2/c1-12-15(14-6-3-4-9-18(14)23(12)2)10-13(11-22)19-16(20)7-5-8-17(19)21/h3-9,13H,10-11,22H2,1-2H3. The highest BCUT2D eigenvalue weighted by atomic mass is 35.5. The number of benzene rings is 2. The van der Waals surface area contributed by atoms with Crippen molar-refractivity contribution < 1.29 is 0 Å². The summed E-state index contributed by atoms with van der Waals surface area (Å²) >= 11 is 12.8. The van der Waals surface area contributed by atoms with Gasteiger partial charge < -0.3 is 10.3 Å². The van der Waals surface area contributed by atoms with Gasteiger partial charge in [-0.05, 0) is 49.2 Å². The first-order valence-electron chi connectivity index (χ1n) is 7.71. The number of halogens is 2. The van der Waals surface area contributed by atoms with Crippen molar-refractivity contribution in [2.75, 3.05) is 6.54 Å². The van der Waals surface area contributed by atoms with E-state index < -0.39 is 0 Å². The molecule has 4 heteroatoms. The number of nitrogens with zero attached hydrogens (tertiary/aromatic N) is 1. The molecule has 0 aliphatic heterocycles. The van der Waals surface area contributed by atoms with Crippen molar-refractivity contribution in [2.24, 2.45) is 12.8 Å². The lowest BCUT2D eigenvalue weighted by atomic mass is 9.90. The molecule has 0 amide bonds. The minimum absolute atomic E-state index is 0.0979. The minimum Gasteiger partial charge on any atom is -0.348 e. The maximum absolute atomic E-state index is 6.39. The summed E-state index contributed by atoms with van der Waals surface area (Å²) in [7, 11) is 2.10. The molecule has 1 heterocycles. The van der Waals surface area contributed by atoms with Crippen molar-refractivity contribution in [1.82, 2.24) is 4.57 Å². The maximum atomic E-state index is 6.39. The van der Waals surface area contributed by atoms with Crippen LogP contribution in [-0.4, -0.2) is 11.1 Å². The van der Waals surface area contributed by atoms with Gasteiger partial charge >= 0.3 is 0 Å². The molecule has 0 saturated carbocycles. The van der Waals surface area contributed by atoms with E-state index in [1.54, 1.807) is 0 Å². The van der Waals surface area contributed by atoms with E-state index in [4.69, 9.17) is 28.9 Å². The molecule has 3 aromatic rings. The lowest BCUT2D eigenvalue weighted by molar-refractivity contribution is 0.691. The van der Waals surface area contributed by atoms with Crippen LogP contribution in [0.15, 0.2) is 42.5 Å². The molecule has 0 saturated heterocycles. The van der Waals surface area contributed by atoms with E-state index in [9.17, 15) is 0 Å². The molecule has 1 aromatic heterocycles. The molecular weight excluding hydrogens is 327 g/mol. The van der Waals surface area contributed by atoms with Crippen LogP contribution in [0.25, 0.3) is 10.9 Å². The number of rotatable bonds is 4. The lowest BCUT2D eigenvalue weighted by Gasteiger charge is -2.18. The number of aromatic nitrogens is 1. The van der Waals surface area contributed by atoms with Crippen molar-refractivity contribution in [3.63, 3.8) is 0 Å². The van der Waals surface area contributed by atoms with Gasteiger partial charge in [0.25, 0.3) is 0 Å². The molecule has 120 valence electrons. The van der Waals surface area contributed by atoms with Crippen LogP contribution in [0.2, 0.25) is 10.0 Å². The second-order valence-corrected chi connectivity index (χ2v) is 6.73. The molecule has 2 N–H and O–H groups in total. The number of hydrogen-bond donors (Lipinski definition) is 1. The SMILES string of the molecule is Cc1c(CC(CN)c2c(Cl)cccc2Cl)c2ccccc2n1C. The zero-order chi connectivity index (χ0) is 16.6. The highest BCUT2D eigenvalue weighted by molar-refractivity contribution is 6.36. The van der Waals surface area contributed by atoms with E-state index >= 15 is 0 Å². The molecule has 1 unspecified atom stereocenters. The molecule has 0 bridgehead atoms. The Kier molecular flexibility index (Phi) is 4.67. The van der Waals surface area contributed by atoms with Gasteiger partial charge in [0.15, 0.2) is 0 Å². The highest BCUT2D eigenvalue weighted by Gasteiger charge is 2.21. The van der Waals surface area contributed by atoms with E-state index in [1.807, 2.05) is 18.2 Å². The van der Waals surface area contributed by atoms with Crippen LogP contribution >= 0.6 is 23.2 Å². The summed E-state index contributed by atoms with van der Waals surface area (Å²) in [5, 5.41) is 2.64. The van der Waals surface area contributed by atoms with Gasteiger partial charge in [0, 0.05) is 39.6 Å². The lowest BCUT2D eigenvalue weighted by Crippen LogP contribution is -2.16. The molecular formula is C19H20Cl2N2. The zero-order valence-electron chi connectivity index (χ0n) is 13.3. The van der Waals surface area contributed by atoms with Crippen molar-refractivity contribution in [3.05, 3.63) is 69.3 Å². The number of fused-ring (bicyclic) bond motifs is 1. The number of para-hydroxylation sites is 1. The average Bonchev–Trinajstić information content (AvgIpc) is 2.78. The summed E-state index contributed by atoms with van der Waals surface area (Å²) in [6.45, 7) is 2.66. The van der Waals surface area contributed by atoms with Crippen LogP contribution < -0.4 is 5.73 Å². The van der Waals surface area contributed by atoms with Gasteiger partial charge in [0.05, 0.1) is 0 Å². The van der Waals surface area contributed by atoms with E-state index in [-0.39, 0.29) is 5.92 Å². The third-order valence-corrected chi connectivity index (χ3v) is 5.33. The van der Waals surface area contributed by atoms with Crippen LogP contribution in [0, 0.1) is 6.92 Å².